The maximum Gasteiger partial charge on any atom is 0.341 e. The third kappa shape index (κ3) is 1.93. The van der Waals surface area contributed by atoms with Crippen LogP contribution in [0.2, 0.25) is 0 Å². The van der Waals surface area contributed by atoms with Gasteiger partial charge in [0.15, 0.2) is 5.43 Å². The zero-order chi connectivity index (χ0) is 13.4. The highest BCUT2D eigenvalue weighted by atomic mass is 16.4. The van der Waals surface area contributed by atoms with E-state index < -0.39 is 11.4 Å². The molecule has 0 spiro atoms. The second kappa shape index (κ2) is 4.35. The second-order valence-corrected chi connectivity index (χ2v) is 4.55. The Hall–Kier alpha value is -2.43. The lowest BCUT2D eigenvalue weighted by atomic mass is 10.1. The van der Waals surface area contributed by atoms with Crippen LogP contribution in [0.5, 0.6) is 0 Å². The molecule has 1 aliphatic rings. The number of rotatable bonds is 1. The Bertz CT molecular complexity index is 719. The SMILES string of the molecule is O=C(O)c1cn2c(cc1=O)-c1ncccc1CCC2. The van der Waals surface area contributed by atoms with E-state index in [1.807, 2.05) is 16.7 Å². The van der Waals surface area contributed by atoms with Gasteiger partial charge in [0.1, 0.15) is 5.56 Å². The van der Waals surface area contributed by atoms with E-state index in [0.717, 1.165) is 24.1 Å². The molecule has 5 heteroatoms. The first kappa shape index (κ1) is 11.6. The number of carboxylic acids is 1. The molecule has 1 N–H and O–H groups in total. The number of fused-ring (bicyclic) bond motifs is 3. The molecule has 0 aliphatic carbocycles. The number of carboxylic acid groups (broad SMARTS) is 1. The quantitative estimate of drug-likeness (QED) is 0.840. The third-order valence-electron chi connectivity index (χ3n) is 3.34. The van der Waals surface area contributed by atoms with Gasteiger partial charge in [-0.3, -0.25) is 9.78 Å². The number of nitrogens with zero attached hydrogens (tertiary/aromatic N) is 2. The molecule has 3 heterocycles. The average Bonchev–Trinajstić information content (AvgIpc) is 2.57. The second-order valence-electron chi connectivity index (χ2n) is 4.55. The third-order valence-corrected chi connectivity index (χ3v) is 3.34. The molecule has 19 heavy (non-hydrogen) atoms. The Kier molecular flexibility index (Phi) is 2.67. The Balaban J connectivity index is 2.28. The van der Waals surface area contributed by atoms with Gasteiger partial charge in [-0.05, 0) is 24.5 Å². The predicted molar refractivity (Wildman–Crippen MR) is 69.2 cm³/mol. The van der Waals surface area contributed by atoms with Crippen LogP contribution in [-0.4, -0.2) is 20.6 Å². The Morgan fingerprint density at radius 3 is 3.05 bits per heavy atom. The zero-order valence-electron chi connectivity index (χ0n) is 10.2. The minimum Gasteiger partial charge on any atom is -0.477 e. The summed E-state index contributed by atoms with van der Waals surface area (Å²) < 4.78 is 1.81. The van der Waals surface area contributed by atoms with E-state index in [9.17, 15) is 9.59 Å². The van der Waals surface area contributed by atoms with Gasteiger partial charge in [-0.15, -0.1) is 0 Å². The molecule has 0 atom stereocenters. The molecule has 1 aliphatic heterocycles. The highest BCUT2D eigenvalue weighted by Crippen LogP contribution is 2.25. The molecule has 0 bridgehead atoms. The largest absolute Gasteiger partial charge is 0.477 e. The van der Waals surface area contributed by atoms with Crippen molar-refractivity contribution < 1.29 is 9.90 Å². The molecule has 2 aromatic heterocycles. The van der Waals surface area contributed by atoms with E-state index in [-0.39, 0.29) is 5.56 Å². The average molecular weight is 256 g/mol. The van der Waals surface area contributed by atoms with Gasteiger partial charge in [0.2, 0.25) is 0 Å². The van der Waals surface area contributed by atoms with E-state index in [1.165, 1.54) is 12.3 Å². The lowest BCUT2D eigenvalue weighted by Crippen LogP contribution is -2.18. The molecule has 96 valence electrons. The summed E-state index contributed by atoms with van der Waals surface area (Å²) in [6, 6.07) is 5.24. The van der Waals surface area contributed by atoms with Crippen LogP contribution >= 0.6 is 0 Å². The van der Waals surface area contributed by atoms with E-state index in [2.05, 4.69) is 4.98 Å². The van der Waals surface area contributed by atoms with Crippen LogP contribution in [-0.2, 0) is 13.0 Å². The highest BCUT2D eigenvalue weighted by molar-refractivity contribution is 5.87. The number of carbonyl (C=O) groups is 1. The van der Waals surface area contributed by atoms with Crippen molar-refractivity contribution in [1.82, 2.24) is 9.55 Å². The van der Waals surface area contributed by atoms with Crippen molar-refractivity contribution in [3.05, 3.63) is 51.9 Å². The van der Waals surface area contributed by atoms with Gasteiger partial charge in [-0.2, -0.15) is 0 Å². The van der Waals surface area contributed by atoms with Gasteiger partial charge in [0.05, 0.1) is 11.4 Å². The van der Waals surface area contributed by atoms with Gasteiger partial charge in [0, 0.05) is 25.0 Å². The van der Waals surface area contributed by atoms with Crippen molar-refractivity contribution in [3.8, 4) is 11.4 Å². The van der Waals surface area contributed by atoms with Crippen molar-refractivity contribution in [2.24, 2.45) is 0 Å². The summed E-state index contributed by atoms with van der Waals surface area (Å²) in [5.74, 6) is -1.19. The molecule has 5 nitrogen and oxygen atoms in total. The van der Waals surface area contributed by atoms with Crippen LogP contribution in [0, 0.1) is 0 Å². The fourth-order valence-corrected chi connectivity index (χ4v) is 2.43. The van der Waals surface area contributed by atoms with Crippen molar-refractivity contribution in [1.29, 1.82) is 0 Å². The number of hydrogen-bond acceptors (Lipinski definition) is 3. The molecule has 3 rings (SSSR count). The van der Waals surface area contributed by atoms with Crippen LogP contribution in [0.4, 0.5) is 0 Å². The Morgan fingerprint density at radius 2 is 2.26 bits per heavy atom. The number of aromatic carboxylic acids is 1. The molecular weight excluding hydrogens is 244 g/mol. The van der Waals surface area contributed by atoms with Gasteiger partial charge < -0.3 is 9.67 Å². The van der Waals surface area contributed by atoms with Crippen LogP contribution in [0.3, 0.4) is 0 Å². The lowest BCUT2D eigenvalue weighted by molar-refractivity contribution is 0.0694. The summed E-state index contributed by atoms with van der Waals surface area (Å²) in [6.07, 6.45) is 4.88. The summed E-state index contributed by atoms with van der Waals surface area (Å²) in [4.78, 5) is 27.2. The number of aromatic nitrogens is 2. The van der Waals surface area contributed by atoms with Crippen molar-refractivity contribution in [2.45, 2.75) is 19.4 Å². The summed E-state index contributed by atoms with van der Waals surface area (Å²) >= 11 is 0. The van der Waals surface area contributed by atoms with E-state index in [1.54, 1.807) is 6.20 Å². The van der Waals surface area contributed by atoms with Gasteiger partial charge in [-0.25, -0.2) is 4.79 Å². The van der Waals surface area contributed by atoms with E-state index >= 15 is 0 Å². The predicted octanol–water partition coefficient (Wildman–Crippen LogP) is 1.55. The Morgan fingerprint density at radius 1 is 1.42 bits per heavy atom. The van der Waals surface area contributed by atoms with Crippen LogP contribution in [0.1, 0.15) is 22.3 Å². The monoisotopic (exact) mass is 256 g/mol. The van der Waals surface area contributed by atoms with Crippen LogP contribution in [0.25, 0.3) is 11.4 Å². The molecule has 0 unspecified atom stereocenters. The van der Waals surface area contributed by atoms with Gasteiger partial charge >= 0.3 is 5.97 Å². The maximum absolute atomic E-state index is 11.8. The minimum atomic E-state index is -1.19. The lowest BCUT2D eigenvalue weighted by Gasteiger charge is -2.11. The number of hydrogen-bond donors (Lipinski definition) is 1. The topological polar surface area (TPSA) is 72.2 Å². The molecule has 0 saturated heterocycles. The first-order valence-electron chi connectivity index (χ1n) is 6.09. The minimum absolute atomic E-state index is 0.192. The highest BCUT2D eigenvalue weighted by Gasteiger charge is 2.18. The standard InChI is InChI=1S/C14H12N2O3/c17-12-7-11-13-9(3-1-5-15-13)4-2-6-16(11)8-10(12)14(18)19/h1,3,5,7-8H,2,4,6H2,(H,18,19). The fourth-order valence-electron chi connectivity index (χ4n) is 2.43. The van der Waals surface area contributed by atoms with Gasteiger partial charge in [-0.1, -0.05) is 6.07 Å². The molecule has 0 aromatic carbocycles. The molecule has 0 saturated carbocycles. The van der Waals surface area contributed by atoms with Crippen LogP contribution < -0.4 is 5.43 Å². The fraction of sp³-hybridized carbons (Fsp3) is 0.214. The first-order valence-corrected chi connectivity index (χ1v) is 6.09. The maximum atomic E-state index is 11.8. The van der Waals surface area contributed by atoms with Crippen molar-refractivity contribution in [2.75, 3.05) is 0 Å². The van der Waals surface area contributed by atoms with E-state index in [4.69, 9.17) is 5.11 Å². The van der Waals surface area contributed by atoms with Gasteiger partial charge in [0.25, 0.3) is 0 Å². The van der Waals surface area contributed by atoms with Crippen molar-refractivity contribution in [3.63, 3.8) is 0 Å². The number of aryl methyl sites for hydroxylation is 2. The summed E-state index contributed by atoms with van der Waals surface area (Å²) in [5.41, 5.74) is 1.90. The molecule has 2 aromatic rings. The molecule has 0 fully saturated rings. The summed E-state index contributed by atoms with van der Waals surface area (Å²) in [7, 11) is 0. The van der Waals surface area contributed by atoms with Crippen molar-refractivity contribution >= 4 is 5.97 Å². The Labute approximate surface area is 109 Å². The number of pyridine rings is 2. The summed E-state index contributed by atoms with van der Waals surface area (Å²) in [5, 5.41) is 9.00. The zero-order valence-corrected chi connectivity index (χ0v) is 10.2. The molecular formula is C14H12N2O3. The van der Waals surface area contributed by atoms with E-state index in [0.29, 0.717) is 12.2 Å². The molecule has 0 radical (unpaired) electrons. The summed E-state index contributed by atoms with van der Waals surface area (Å²) in [6.45, 7) is 0.687. The van der Waals surface area contributed by atoms with Crippen LogP contribution in [0.15, 0.2) is 35.4 Å². The first-order chi connectivity index (χ1) is 9.16. The molecule has 0 amide bonds. The normalized spacial score (nSPS) is 13.3. The smallest absolute Gasteiger partial charge is 0.341 e.